The molecule has 0 unspecified atom stereocenters. The Bertz CT molecular complexity index is 381. The third kappa shape index (κ3) is 3.04. The number of ether oxygens (including phenoxy) is 1. The average molecular weight is 292 g/mol. The summed E-state index contributed by atoms with van der Waals surface area (Å²) in [6, 6.07) is 3.12. The minimum Gasteiger partial charge on any atom is -0.469 e. The highest BCUT2D eigenvalue weighted by Crippen LogP contribution is 2.27. The molecule has 0 radical (unpaired) electrons. The SMILES string of the molecule is COC(=O)Cc1c(Cl)cc(C=O)cc1Br. The Hall–Kier alpha value is -0.870. The van der Waals surface area contributed by atoms with Crippen molar-refractivity contribution in [1.82, 2.24) is 0 Å². The van der Waals surface area contributed by atoms with Crippen molar-refractivity contribution in [1.29, 1.82) is 0 Å². The second-order valence-corrected chi connectivity index (χ2v) is 4.10. The largest absolute Gasteiger partial charge is 0.469 e. The standard InChI is InChI=1S/C10H8BrClO3/c1-15-10(14)4-7-8(11)2-6(5-13)3-9(7)12/h2-3,5H,4H2,1H3. The molecule has 15 heavy (non-hydrogen) atoms. The highest BCUT2D eigenvalue weighted by Gasteiger charge is 2.12. The van der Waals surface area contributed by atoms with Gasteiger partial charge in [0.1, 0.15) is 6.29 Å². The summed E-state index contributed by atoms with van der Waals surface area (Å²) in [5.41, 5.74) is 1.08. The van der Waals surface area contributed by atoms with Gasteiger partial charge in [0.15, 0.2) is 0 Å². The van der Waals surface area contributed by atoms with E-state index in [1.54, 1.807) is 6.07 Å². The van der Waals surface area contributed by atoms with Crippen molar-refractivity contribution in [3.63, 3.8) is 0 Å². The van der Waals surface area contributed by atoms with E-state index in [2.05, 4.69) is 20.7 Å². The minimum absolute atomic E-state index is 0.0784. The fourth-order valence-electron chi connectivity index (χ4n) is 1.08. The number of hydrogen-bond donors (Lipinski definition) is 0. The molecule has 0 fully saturated rings. The fourth-order valence-corrected chi connectivity index (χ4v) is 2.10. The third-order valence-electron chi connectivity index (χ3n) is 1.85. The molecule has 0 aliphatic rings. The van der Waals surface area contributed by atoms with Gasteiger partial charge in [-0.1, -0.05) is 27.5 Å². The summed E-state index contributed by atoms with van der Waals surface area (Å²) in [7, 11) is 1.31. The van der Waals surface area contributed by atoms with Gasteiger partial charge in [0.05, 0.1) is 13.5 Å². The van der Waals surface area contributed by atoms with E-state index in [4.69, 9.17) is 11.6 Å². The van der Waals surface area contributed by atoms with E-state index >= 15 is 0 Å². The van der Waals surface area contributed by atoms with Crippen LogP contribution in [-0.4, -0.2) is 19.4 Å². The first kappa shape index (κ1) is 12.2. The Morgan fingerprint density at radius 2 is 2.27 bits per heavy atom. The molecule has 0 aliphatic carbocycles. The third-order valence-corrected chi connectivity index (χ3v) is 2.89. The summed E-state index contributed by atoms with van der Waals surface area (Å²) >= 11 is 9.16. The van der Waals surface area contributed by atoms with Crippen molar-refractivity contribution in [2.24, 2.45) is 0 Å². The van der Waals surface area contributed by atoms with Gasteiger partial charge in [-0.05, 0) is 17.7 Å². The Morgan fingerprint density at radius 3 is 2.73 bits per heavy atom. The van der Waals surface area contributed by atoms with Gasteiger partial charge in [-0.15, -0.1) is 0 Å². The smallest absolute Gasteiger partial charge is 0.310 e. The second kappa shape index (κ2) is 5.28. The lowest BCUT2D eigenvalue weighted by Gasteiger charge is -2.06. The molecule has 1 aromatic carbocycles. The van der Waals surface area contributed by atoms with Crippen LogP contribution in [0.4, 0.5) is 0 Å². The van der Waals surface area contributed by atoms with Gasteiger partial charge in [0, 0.05) is 15.1 Å². The molecule has 5 heteroatoms. The lowest BCUT2D eigenvalue weighted by molar-refractivity contribution is -0.139. The van der Waals surface area contributed by atoms with Crippen LogP contribution in [0.1, 0.15) is 15.9 Å². The number of carbonyl (C=O) groups excluding carboxylic acids is 2. The van der Waals surface area contributed by atoms with Crippen LogP contribution in [0.5, 0.6) is 0 Å². The maximum atomic E-state index is 11.1. The number of halogens is 2. The summed E-state index contributed by atoms with van der Waals surface area (Å²) < 4.78 is 5.16. The molecule has 1 aromatic rings. The zero-order chi connectivity index (χ0) is 11.4. The molecule has 0 heterocycles. The number of benzene rings is 1. The first-order valence-corrected chi connectivity index (χ1v) is 5.25. The van der Waals surface area contributed by atoms with Crippen molar-refractivity contribution in [2.75, 3.05) is 7.11 Å². The molecular formula is C10H8BrClO3. The van der Waals surface area contributed by atoms with Crippen molar-refractivity contribution >= 4 is 39.8 Å². The predicted octanol–water partition coefficient (Wildman–Crippen LogP) is 2.63. The average Bonchev–Trinajstić information content (AvgIpc) is 2.22. The monoisotopic (exact) mass is 290 g/mol. The molecule has 1 rings (SSSR count). The molecule has 0 spiro atoms. The maximum Gasteiger partial charge on any atom is 0.310 e. The number of methoxy groups -OCH3 is 1. The van der Waals surface area contributed by atoms with E-state index in [-0.39, 0.29) is 12.4 Å². The van der Waals surface area contributed by atoms with Gasteiger partial charge in [-0.25, -0.2) is 0 Å². The van der Waals surface area contributed by atoms with Crippen molar-refractivity contribution in [3.05, 3.63) is 32.8 Å². The molecule has 80 valence electrons. The number of carbonyl (C=O) groups is 2. The van der Waals surface area contributed by atoms with Gasteiger partial charge < -0.3 is 4.74 Å². The molecular weight excluding hydrogens is 283 g/mol. The Balaban J connectivity index is 3.08. The van der Waals surface area contributed by atoms with Crippen molar-refractivity contribution in [3.8, 4) is 0 Å². The number of esters is 1. The van der Waals surface area contributed by atoms with Gasteiger partial charge in [-0.3, -0.25) is 9.59 Å². The fraction of sp³-hybridized carbons (Fsp3) is 0.200. The van der Waals surface area contributed by atoms with Crippen molar-refractivity contribution < 1.29 is 14.3 Å². The van der Waals surface area contributed by atoms with E-state index in [1.807, 2.05) is 0 Å². The summed E-state index contributed by atoms with van der Waals surface area (Å²) in [6.07, 6.45) is 0.771. The minimum atomic E-state index is -0.378. The summed E-state index contributed by atoms with van der Waals surface area (Å²) in [6.45, 7) is 0. The van der Waals surface area contributed by atoms with Crippen LogP contribution in [0.15, 0.2) is 16.6 Å². The van der Waals surface area contributed by atoms with Crippen LogP contribution in [-0.2, 0) is 16.0 Å². The predicted molar refractivity (Wildman–Crippen MR) is 60.3 cm³/mol. The van der Waals surface area contributed by atoms with Crippen LogP contribution >= 0.6 is 27.5 Å². The number of hydrogen-bond acceptors (Lipinski definition) is 3. The highest BCUT2D eigenvalue weighted by atomic mass is 79.9. The van der Waals surface area contributed by atoms with E-state index in [0.717, 1.165) is 0 Å². The van der Waals surface area contributed by atoms with E-state index < -0.39 is 0 Å². The van der Waals surface area contributed by atoms with Crippen LogP contribution < -0.4 is 0 Å². The van der Waals surface area contributed by atoms with Gasteiger partial charge in [0.2, 0.25) is 0 Å². The van der Waals surface area contributed by atoms with E-state index in [9.17, 15) is 9.59 Å². The van der Waals surface area contributed by atoms with Gasteiger partial charge in [0.25, 0.3) is 0 Å². The first-order valence-electron chi connectivity index (χ1n) is 4.08. The lowest BCUT2D eigenvalue weighted by atomic mass is 10.1. The first-order chi connectivity index (χ1) is 7.08. The molecule has 0 N–H and O–H groups in total. The molecule has 0 saturated heterocycles. The molecule has 0 bridgehead atoms. The Labute approximate surface area is 100 Å². The molecule has 3 nitrogen and oxygen atoms in total. The van der Waals surface area contributed by atoms with E-state index in [1.165, 1.54) is 13.2 Å². The number of aldehydes is 1. The van der Waals surface area contributed by atoms with Crippen LogP contribution in [0.3, 0.4) is 0 Å². The topological polar surface area (TPSA) is 43.4 Å². The molecule has 0 atom stereocenters. The van der Waals surface area contributed by atoms with Crippen molar-refractivity contribution in [2.45, 2.75) is 6.42 Å². The maximum absolute atomic E-state index is 11.1. The lowest BCUT2D eigenvalue weighted by Crippen LogP contribution is -2.06. The van der Waals surface area contributed by atoms with Crippen LogP contribution in [0.2, 0.25) is 5.02 Å². The normalized spacial score (nSPS) is 9.80. The summed E-state index contributed by atoms with van der Waals surface area (Å²) in [5.74, 6) is -0.378. The Kier molecular flexibility index (Phi) is 4.29. The molecule has 0 aliphatic heterocycles. The molecule has 0 amide bonds. The zero-order valence-electron chi connectivity index (χ0n) is 7.92. The van der Waals surface area contributed by atoms with Crippen LogP contribution in [0.25, 0.3) is 0 Å². The summed E-state index contributed by atoms with van der Waals surface area (Å²) in [4.78, 5) is 21.6. The highest BCUT2D eigenvalue weighted by molar-refractivity contribution is 9.10. The molecule has 0 saturated carbocycles. The van der Waals surface area contributed by atoms with E-state index in [0.29, 0.717) is 26.9 Å². The van der Waals surface area contributed by atoms with Crippen LogP contribution in [0, 0.1) is 0 Å². The summed E-state index contributed by atoms with van der Waals surface area (Å²) in [5, 5.41) is 0.372. The zero-order valence-corrected chi connectivity index (χ0v) is 10.3. The Morgan fingerprint density at radius 1 is 1.60 bits per heavy atom. The second-order valence-electron chi connectivity index (χ2n) is 2.83. The number of rotatable bonds is 3. The molecule has 0 aromatic heterocycles. The van der Waals surface area contributed by atoms with Gasteiger partial charge in [-0.2, -0.15) is 0 Å². The quantitative estimate of drug-likeness (QED) is 0.635. The van der Waals surface area contributed by atoms with Gasteiger partial charge >= 0.3 is 5.97 Å².